The summed E-state index contributed by atoms with van der Waals surface area (Å²) in [6.45, 7) is 5.13. The van der Waals surface area contributed by atoms with Gasteiger partial charge in [-0.1, -0.05) is 6.07 Å². The van der Waals surface area contributed by atoms with Crippen molar-refractivity contribution >= 4 is 11.3 Å². The number of ether oxygens (including phenoxy) is 2. The van der Waals surface area contributed by atoms with Crippen LogP contribution in [0.1, 0.15) is 31.1 Å². The topological polar surface area (TPSA) is 50.7 Å². The van der Waals surface area contributed by atoms with Gasteiger partial charge >= 0.3 is 0 Å². The Balaban J connectivity index is 1.96. The fourth-order valence-electron chi connectivity index (χ4n) is 2.10. The van der Waals surface area contributed by atoms with Crippen molar-refractivity contribution in [1.29, 1.82) is 0 Å². The number of aliphatic hydroxyl groups is 1. The van der Waals surface area contributed by atoms with E-state index in [9.17, 15) is 5.11 Å². The Kier molecular flexibility index (Phi) is 6.24. The number of aliphatic hydroxyl groups excluding tert-OH is 1. The second kappa shape index (κ2) is 8.17. The average molecular weight is 321 g/mol. The molecule has 0 aliphatic rings. The van der Waals surface area contributed by atoms with Gasteiger partial charge in [0.2, 0.25) is 0 Å². The zero-order chi connectivity index (χ0) is 15.9. The molecule has 0 saturated heterocycles. The molecule has 0 aliphatic carbocycles. The van der Waals surface area contributed by atoms with E-state index in [2.05, 4.69) is 5.32 Å². The molecule has 1 aromatic carbocycles. The van der Waals surface area contributed by atoms with Crippen LogP contribution in [0.2, 0.25) is 0 Å². The smallest absolute Gasteiger partial charge is 0.127 e. The van der Waals surface area contributed by atoms with Gasteiger partial charge in [-0.15, -0.1) is 0 Å². The molecule has 1 atom stereocenters. The molecule has 0 fully saturated rings. The Morgan fingerprint density at radius 2 is 2.09 bits per heavy atom. The summed E-state index contributed by atoms with van der Waals surface area (Å²) in [5.74, 6) is 1.59. The highest BCUT2D eigenvalue weighted by molar-refractivity contribution is 7.07. The summed E-state index contributed by atoms with van der Waals surface area (Å²) in [7, 11) is 1.64. The van der Waals surface area contributed by atoms with Gasteiger partial charge in [0.25, 0.3) is 0 Å². The highest BCUT2D eigenvalue weighted by atomic mass is 32.1. The van der Waals surface area contributed by atoms with Crippen LogP contribution < -0.4 is 14.8 Å². The molecule has 120 valence electrons. The van der Waals surface area contributed by atoms with Crippen molar-refractivity contribution in [3.05, 3.63) is 46.2 Å². The van der Waals surface area contributed by atoms with Gasteiger partial charge in [-0.3, -0.25) is 0 Å². The lowest BCUT2D eigenvalue weighted by molar-refractivity contribution is 0.174. The van der Waals surface area contributed by atoms with E-state index in [1.54, 1.807) is 18.4 Å². The predicted octanol–water partition coefficient (Wildman–Crippen LogP) is 3.37. The second-order valence-electron chi connectivity index (χ2n) is 5.34. The monoisotopic (exact) mass is 321 g/mol. The van der Waals surface area contributed by atoms with Crippen LogP contribution in [0.5, 0.6) is 11.5 Å². The van der Waals surface area contributed by atoms with E-state index in [0.717, 1.165) is 22.6 Å². The van der Waals surface area contributed by atoms with Gasteiger partial charge in [-0.25, -0.2) is 0 Å². The summed E-state index contributed by atoms with van der Waals surface area (Å²) in [6.07, 6.45) is -0.388. The van der Waals surface area contributed by atoms with Crippen molar-refractivity contribution in [3.8, 4) is 11.5 Å². The zero-order valence-corrected chi connectivity index (χ0v) is 14.0. The number of hydrogen-bond acceptors (Lipinski definition) is 5. The van der Waals surface area contributed by atoms with E-state index in [4.69, 9.17) is 9.47 Å². The maximum Gasteiger partial charge on any atom is 0.127 e. The maximum atomic E-state index is 10.1. The molecular weight excluding hydrogens is 298 g/mol. The third-order valence-electron chi connectivity index (χ3n) is 3.22. The Morgan fingerprint density at radius 3 is 2.73 bits per heavy atom. The van der Waals surface area contributed by atoms with Crippen molar-refractivity contribution in [2.45, 2.75) is 32.6 Å². The number of rotatable bonds is 8. The molecule has 1 unspecified atom stereocenters. The van der Waals surface area contributed by atoms with E-state index in [0.29, 0.717) is 13.1 Å². The first kappa shape index (κ1) is 16.8. The summed E-state index contributed by atoms with van der Waals surface area (Å²) in [5, 5.41) is 17.3. The van der Waals surface area contributed by atoms with Crippen LogP contribution in [-0.2, 0) is 6.54 Å². The van der Waals surface area contributed by atoms with Crippen LogP contribution in [0.15, 0.2) is 35.0 Å². The third kappa shape index (κ3) is 4.73. The first-order valence-corrected chi connectivity index (χ1v) is 8.29. The van der Waals surface area contributed by atoms with Crippen molar-refractivity contribution in [1.82, 2.24) is 5.32 Å². The molecular formula is C17H23NO3S. The van der Waals surface area contributed by atoms with Crippen LogP contribution in [0.25, 0.3) is 0 Å². The van der Waals surface area contributed by atoms with Gasteiger partial charge < -0.3 is 19.9 Å². The number of nitrogens with one attached hydrogen (secondary N) is 1. The minimum atomic E-state index is -0.487. The quantitative estimate of drug-likeness (QED) is 0.783. The second-order valence-corrected chi connectivity index (χ2v) is 6.12. The molecule has 2 aromatic rings. The summed E-state index contributed by atoms with van der Waals surface area (Å²) < 4.78 is 11.1. The van der Waals surface area contributed by atoms with Crippen LogP contribution in [-0.4, -0.2) is 24.9 Å². The van der Waals surface area contributed by atoms with Crippen LogP contribution >= 0.6 is 11.3 Å². The predicted molar refractivity (Wildman–Crippen MR) is 89.7 cm³/mol. The van der Waals surface area contributed by atoms with Gasteiger partial charge in [0.1, 0.15) is 11.5 Å². The highest BCUT2D eigenvalue weighted by Gasteiger charge is 2.10. The van der Waals surface area contributed by atoms with Crippen molar-refractivity contribution in [2.24, 2.45) is 0 Å². The molecule has 1 aromatic heterocycles. The molecule has 1 heterocycles. The number of hydrogen-bond donors (Lipinski definition) is 2. The Hall–Kier alpha value is -1.56. The largest absolute Gasteiger partial charge is 0.497 e. The Bertz CT molecular complexity index is 569. The summed E-state index contributed by atoms with van der Waals surface area (Å²) in [6, 6.07) is 7.74. The standard InChI is InChI=1S/C17H23NO3S/c1-12(2)21-17-8-15(20-3)5-4-13(17)9-18-10-16(19)14-6-7-22-11-14/h4-8,11-12,16,18-19H,9-10H2,1-3H3. The lowest BCUT2D eigenvalue weighted by Gasteiger charge is -2.17. The molecule has 2 rings (SSSR count). The van der Waals surface area contributed by atoms with E-state index in [1.165, 1.54) is 0 Å². The van der Waals surface area contributed by atoms with E-state index in [-0.39, 0.29) is 6.10 Å². The first-order valence-electron chi connectivity index (χ1n) is 7.34. The highest BCUT2D eigenvalue weighted by Crippen LogP contribution is 2.26. The average Bonchev–Trinajstić information content (AvgIpc) is 3.02. The van der Waals surface area contributed by atoms with Crippen molar-refractivity contribution in [3.63, 3.8) is 0 Å². The maximum absolute atomic E-state index is 10.1. The van der Waals surface area contributed by atoms with E-state index in [1.807, 2.05) is 48.9 Å². The van der Waals surface area contributed by atoms with Gasteiger partial charge in [0.05, 0.1) is 19.3 Å². The summed E-state index contributed by atoms with van der Waals surface area (Å²) in [4.78, 5) is 0. The fourth-order valence-corrected chi connectivity index (χ4v) is 2.80. The number of methoxy groups -OCH3 is 1. The molecule has 0 radical (unpaired) electrons. The first-order chi connectivity index (χ1) is 10.6. The minimum Gasteiger partial charge on any atom is -0.497 e. The van der Waals surface area contributed by atoms with Crippen molar-refractivity contribution < 1.29 is 14.6 Å². The third-order valence-corrected chi connectivity index (χ3v) is 3.92. The lowest BCUT2D eigenvalue weighted by atomic mass is 10.1. The molecule has 5 heteroatoms. The van der Waals surface area contributed by atoms with E-state index < -0.39 is 6.10 Å². The molecule has 0 aliphatic heterocycles. The molecule has 22 heavy (non-hydrogen) atoms. The van der Waals surface area contributed by atoms with Gasteiger partial charge in [0.15, 0.2) is 0 Å². The van der Waals surface area contributed by atoms with Crippen LogP contribution in [0.4, 0.5) is 0 Å². The molecule has 0 amide bonds. The van der Waals surface area contributed by atoms with Crippen LogP contribution in [0.3, 0.4) is 0 Å². The van der Waals surface area contributed by atoms with Gasteiger partial charge in [-0.2, -0.15) is 11.3 Å². The molecule has 4 nitrogen and oxygen atoms in total. The molecule has 2 N–H and O–H groups in total. The van der Waals surface area contributed by atoms with Gasteiger partial charge in [0, 0.05) is 24.7 Å². The van der Waals surface area contributed by atoms with Crippen LogP contribution in [0, 0.1) is 0 Å². The summed E-state index contributed by atoms with van der Waals surface area (Å²) in [5.41, 5.74) is 2.00. The minimum absolute atomic E-state index is 0.0993. The normalized spacial score (nSPS) is 12.4. The van der Waals surface area contributed by atoms with Gasteiger partial charge in [-0.05, 0) is 42.3 Å². The number of thiophene rings is 1. The molecule has 0 bridgehead atoms. The van der Waals surface area contributed by atoms with E-state index >= 15 is 0 Å². The Labute approximate surface area is 135 Å². The lowest BCUT2D eigenvalue weighted by Crippen LogP contribution is -2.21. The fraction of sp³-hybridized carbons (Fsp3) is 0.412. The SMILES string of the molecule is COc1ccc(CNCC(O)c2ccsc2)c(OC(C)C)c1. The zero-order valence-electron chi connectivity index (χ0n) is 13.2. The van der Waals surface area contributed by atoms with Crippen molar-refractivity contribution in [2.75, 3.05) is 13.7 Å². The summed E-state index contributed by atoms with van der Waals surface area (Å²) >= 11 is 1.59. The Morgan fingerprint density at radius 1 is 1.27 bits per heavy atom. The molecule has 0 spiro atoms. The molecule has 0 saturated carbocycles. The number of benzene rings is 1.